The van der Waals surface area contributed by atoms with Gasteiger partial charge in [0, 0.05) is 15.5 Å². The molecule has 2 nitrogen and oxygen atoms in total. The molecule has 0 saturated carbocycles. The molecule has 0 fully saturated rings. The highest BCUT2D eigenvalue weighted by Crippen LogP contribution is 2.36. The summed E-state index contributed by atoms with van der Waals surface area (Å²) in [5.74, 6) is 0. The number of aliphatic hydroxyl groups is 1. The van der Waals surface area contributed by atoms with Crippen molar-refractivity contribution in [2.45, 2.75) is 6.10 Å². The van der Waals surface area contributed by atoms with Gasteiger partial charge in [0.15, 0.2) is 0 Å². The number of aliphatic hydroxyl groups excluding tert-OH is 1. The van der Waals surface area contributed by atoms with Crippen molar-refractivity contribution in [2.75, 3.05) is 11.9 Å². The third-order valence-corrected chi connectivity index (χ3v) is 5.02. The first-order valence-electron chi connectivity index (χ1n) is 5.80. The standard InChI is InChI=1S/C14H11Br2Cl2NO/c15-9-3-1-2-8(6-9)12(20)7-19-11-5-4-10(16)13(17)14(11)18/h1-6,12,19-20H,7H2. The first kappa shape index (κ1) is 16.1. The van der Waals surface area contributed by atoms with Crippen molar-refractivity contribution in [3.8, 4) is 0 Å². The summed E-state index contributed by atoms with van der Waals surface area (Å²) in [6.07, 6.45) is -0.633. The average molecular weight is 440 g/mol. The quantitative estimate of drug-likeness (QED) is 0.602. The van der Waals surface area contributed by atoms with Crippen molar-refractivity contribution >= 4 is 60.7 Å². The highest BCUT2D eigenvalue weighted by molar-refractivity contribution is 9.10. The van der Waals surface area contributed by atoms with Crippen LogP contribution in [0.1, 0.15) is 11.7 Å². The Morgan fingerprint density at radius 3 is 2.55 bits per heavy atom. The van der Waals surface area contributed by atoms with Crippen molar-refractivity contribution in [1.82, 2.24) is 0 Å². The number of hydrogen-bond acceptors (Lipinski definition) is 2. The summed E-state index contributed by atoms with van der Waals surface area (Å²) < 4.78 is 1.67. The molecule has 1 unspecified atom stereocenters. The van der Waals surface area contributed by atoms with Gasteiger partial charge in [-0.3, -0.25) is 0 Å². The van der Waals surface area contributed by atoms with E-state index in [2.05, 4.69) is 37.2 Å². The summed E-state index contributed by atoms with van der Waals surface area (Å²) >= 11 is 18.9. The molecule has 20 heavy (non-hydrogen) atoms. The minimum absolute atomic E-state index is 0.341. The van der Waals surface area contributed by atoms with Crippen LogP contribution in [0.15, 0.2) is 45.3 Å². The van der Waals surface area contributed by atoms with Gasteiger partial charge in [0.25, 0.3) is 0 Å². The smallest absolute Gasteiger partial charge is 0.0962 e. The Labute approximate surface area is 144 Å². The fourth-order valence-electron chi connectivity index (χ4n) is 1.70. The molecule has 2 rings (SSSR count). The Morgan fingerprint density at radius 2 is 1.85 bits per heavy atom. The number of halogens is 4. The van der Waals surface area contributed by atoms with Crippen molar-refractivity contribution < 1.29 is 5.11 Å². The van der Waals surface area contributed by atoms with E-state index in [1.165, 1.54) is 0 Å². The van der Waals surface area contributed by atoms with E-state index >= 15 is 0 Å². The van der Waals surface area contributed by atoms with Gasteiger partial charge in [0.1, 0.15) is 0 Å². The summed E-state index contributed by atoms with van der Waals surface area (Å²) in [4.78, 5) is 0. The van der Waals surface area contributed by atoms with Gasteiger partial charge < -0.3 is 10.4 Å². The van der Waals surface area contributed by atoms with Crippen molar-refractivity contribution in [3.63, 3.8) is 0 Å². The fourth-order valence-corrected chi connectivity index (χ4v) is 2.96. The molecule has 0 aliphatic rings. The van der Waals surface area contributed by atoms with Crippen LogP contribution in [0.2, 0.25) is 10.0 Å². The lowest BCUT2D eigenvalue weighted by Gasteiger charge is -2.15. The Kier molecular flexibility index (Phi) is 5.75. The third-order valence-electron chi connectivity index (χ3n) is 2.75. The van der Waals surface area contributed by atoms with E-state index < -0.39 is 6.10 Å². The lowest BCUT2D eigenvalue weighted by atomic mass is 10.1. The summed E-state index contributed by atoms with van der Waals surface area (Å²) in [6.45, 7) is 0.341. The minimum Gasteiger partial charge on any atom is -0.387 e. The molecular formula is C14H11Br2Cl2NO. The average Bonchev–Trinajstić information content (AvgIpc) is 2.44. The van der Waals surface area contributed by atoms with Crippen LogP contribution in [0, 0.1) is 0 Å². The molecule has 0 aliphatic heterocycles. The molecule has 0 heterocycles. The fraction of sp³-hybridized carbons (Fsp3) is 0.143. The van der Waals surface area contributed by atoms with Crippen LogP contribution in [-0.2, 0) is 0 Å². The number of nitrogens with one attached hydrogen (secondary N) is 1. The molecule has 2 aromatic carbocycles. The van der Waals surface area contributed by atoms with E-state index in [9.17, 15) is 5.11 Å². The molecule has 0 radical (unpaired) electrons. The minimum atomic E-state index is -0.633. The zero-order valence-electron chi connectivity index (χ0n) is 10.2. The number of rotatable bonds is 4. The van der Waals surface area contributed by atoms with Crippen LogP contribution in [0.4, 0.5) is 5.69 Å². The van der Waals surface area contributed by atoms with Crippen LogP contribution in [0.5, 0.6) is 0 Å². The van der Waals surface area contributed by atoms with Crippen LogP contribution >= 0.6 is 55.1 Å². The largest absolute Gasteiger partial charge is 0.387 e. The van der Waals surface area contributed by atoms with Gasteiger partial charge >= 0.3 is 0 Å². The zero-order valence-corrected chi connectivity index (χ0v) is 14.9. The second-order valence-corrected chi connectivity index (χ2v) is 6.70. The lowest BCUT2D eigenvalue weighted by molar-refractivity contribution is 0.191. The maximum Gasteiger partial charge on any atom is 0.0962 e. The summed E-state index contributed by atoms with van der Waals surface area (Å²) in [6, 6.07) is 11.2. The SMILES string of the molecule is OC(CNc1ccc(Br)c(Cl)c1Cl)c1cccc(Br)c1. The maximum absolute atomic E-state index is 10.2. The predicted molar refractivity (Wildman–Crippen MR) is 91.8 cm³/mol. The van der Waals surface area contributed by atoms with E-state index in [0.29, 0.717) is 22.3 Å². The third kappa shape index (κ3) is 3.89. The van der Waals surface area contributed by atoms with Gasteiger partial charge in [-0.1, -0.05) is 51.3 Å². The molecule has 0 aromatic heterocycles. The number of hydrogen-bond donors (Lipinski definition) is 2. The molecule has 1 atom stereocenters. The van der Waals surface area contributed by atoms with E-state index in [-0.39, 0.29) is 0 Å². The van der Waals surface area contributed by atoms with Gasteiger partial charge in [-0.25, -0.2) is 0 Å². The summed E-state index contributed by atoms with van der Waals surface area (Å²) in [7, 11) is 0. The molecule has 0 saturated heterocycles. The van der Waals surface area contributed by atoms with E-state index in [4.69, 9.17) is 23.2 Å². The van der Waals surface area contributed by atoms with E-state index in [1.807, 2.05) is 36.4 Å². The van der Waals surface area contributed by atoms with Crippen LogP contribution in [0.25, 0.3) is 0 Å². The molecule has 106 valence electrons. The molecule has 2 N–H and O–H groups in total. The predicted octanol–water partition coefficient (Wildman–Crippen LogP) is 5.66. The molecule has 2 aromatic rings. The van der Waals surface area contributed by atoms with E-state index in [0.717, 1.165) is 14.5 Å². The topological polar surface area (TPSA) is 32.3 Å². The van der Waals surface area contributed by atoms with Crippen LogP contribution in [0.3, 0.4) is 0 Å². The van der Waals surface area contributed by atoms with Gasteiger partial charge in [0.05, 0.1) is 21.8 Å². The number of anilines is 1. The van der Waals surface area contributed by atoms with Crippen molar-refractivity contribution in [3.05, 3.63) is 61.0 Å². The Balaban J connectivity index is 2.07. The van der Waals surface area contributed by atoms with E-state index in [1.54, 1.807) is 0 Å². The first-order valence-corrected chi connectivity index (χ1v) is 8.14. The summed E-state index contributed by atoms with van der Waals surface area (Å²) in [5, 5.41) is 14.1. The maximum atomic E-state index is 10.2. The molecule has 0 spiro atoms. The highest BCUT2D eigenvalue weighted by Gasteiger charge is 2.11. The van der Waals surface area contributed by atoms with Gasteiger partial charge in [-0.05, 0) is 45.8 Å². The zero-order chi connectivity index (χ0) is 14.7. The Hall–Kier alpha value is -0.260. The number of benzene rings is 2. The molecule has 6 heteroatoms. The summed E-state index contributed by atoms with van der Waals surface area (Å²) in [5.41, 5.74) is 1.51. The monoisotopic (exact) mass is 437 g/mol. The van der Waals surface area contributed by atoms with Crippen LogP contribution < -0.4 is 5.32 Å². The van der Waals surface area contributed by atoms with Gasteiger partial charge in [-0.15, -0.1) is 0 Å². The molecule has 0 amide bonds. The molecule has 0 aliphatic carbocycles. The van der Waals surface area contributed by atoms with Crippen molar-refractivity contribution in [1.29, 1.82) is 0 Å². The second-order valence-electron chi connectivity index (χ2n) is 4.17. The van der Waals surface area contributed by atoms with Gasteiger partial charge in [0.2, 0.25) is 0 Å². The lowest BCUT2D eigenvalue weighted by Crippen LogP contribution is -2.12. The van der Waals surface area contributed by atoms with Crippen LogP contribution in [-0.4, -0.2) is 11.7 Å². The first-order chi connectivity index (χ1) is 9.49. The molecule has 0 bridgehead atoms. The normalized spacial score (nSPS) is 12.2. The highest BCUT2D eigenvalue weighted by atomic mass is 79.9. The van der Waals surface area contributed by atoms with Gasteiger partial charge in [-0.2, -0.15) is 0 Å². The Morgan fingerprint density at radius 1 is 1.10 bits per heavy atom. The van der Waals surface area contributed by atoms with Crippen molar-refractivity contribution in [2.24, 2.45) is 0 Å². The molecular weight excluding hydrogens is 429 g/mol. The Bertz CT molecular complexity index is 622. The second kappa shape index (κ2) is 7.14.